The summed E-state index contributed by atoms with van der Waals surface area (Å²) in [5.74, 6) is -1.18. The number of fused-ring (bicyclic) bond motifs is 1. The third-order valence-electron chi connectivity index (χ3n) is 2.49. The smallest absolute Gasteiger partial charge is 0.335 e. The lowest BCUT2D eigenvalue weighted by molar-refractivity contribution is -0.0413. The Bertz CT molecular complexity index is 589. The Balaban J connectivity index is 2.81. The van der Waals surface area contributed by atoms with Crippen molar-refractivity contribution < 1.29 is 25.2 Å². The van der Waals surface area contributed by atoms with Gasteiger partial charge in [0.15, 0.2) is 6.29 Å². The Hall–Kier alpha value is -2.11. The van der Waals surface area contributed by atoms with Crippen molar-refractivity contribution in [2.75, 3.05) is 0 Å². The number of aromatic hydroxyl groups is 1. The van der Waals surface area contributed by atoms with Crippen molar-refractivity contribution >= 4 is 16.7 Å². The van der Waals surface area contributed by atoms with Gasteiger partial charge in [0.2, 0.25) is 0 Å². The van der Waals surface area contributed by atoms with Crippen molar-refractivity contribution in [3.8, 4) is 5.75 Å². The van der Waals surface area contributed by atoms with Crippen LogP contribution in [0.5, 0.6) is 5.75 Å². The van der Waals surface area contributed by atoms with Gasteiger partial charge in [0.1, 0.15) is 5.75 Å². The molecule has 0 saturated carbocycles. The van der Waals surface area contributed by atoms with E-state index in [1.54, 1.807) is 0 Å². The van der Waals surface area contributed by atoms with E-state index in [0.29, 0.717) is 10.8 Å². The molecule has 17 heavy (non-hydrogen) atoms. The molecule has 5 nitrogen and oxygen atoms in total. The fraction of sp³-hybridized carbons (Fsp3) is 0.0833. The number of carboxylic acids is 1. The molecule has 0 unspecified atom stereocenters. The monoisotopic (exact) mass is 234 g/mol. The van der Waals surface area contributed by atoms with Gasteiger partial charge in [-0.25, -0.2) is 4.79 Å². The number of hydrogen-bond donors (Lipinski definition) is 4. The molecule has 0 bridgehead atoms. The highest BCUT2D eigenvalue weighted by Gasteiger charge is 2.13. The van der Waals surface area contributed by atoms with Gasteiger partial charge in [-0.1, -0.05) is 6.07 Å². The van der Waals surface area contributed by atoms with Gasteiger partial charge in [0.05, 0.1) is 5.56 Å². The van der Waals surface area contributed by atoms with Gasteiger partial charge in [0.25, 0.3) is 0 Å². The number of aromatic carboxylic acids is 1. The Kier molecular flexibility index (Phi) is 2.71. The highest BCUT2D eigenvalue weighted by molar-refractivity contribution is 5.96. The van der Waals surface area contributed by atoms with E-state index in [1.165, 1.54) is 30.3 Å². The molecular weight excluding hydrogens is 224 g/mol. The number of aliphatic hydroxyl groups is 2. The fourth-order valence-electron chi connectivity index (χ4n) is 1.72. The van der Waals surface area contributed by atoms with Crippen LogP contribution in [0.2, 0.25) is 0 Å². The van der Waals surface area contributed by atoms with E-state index in [1.807, 2.05) is 0 Å². The molecule has 0 aromatic heterocycles. The molecule has 0 spiro atoms. The summed E-state index contributed by atoms with van der Waals surface area (Å²) in [6, 6.07) is 6.84. The minimum absolute atomic E-state index is 0.0154. The molecule has 0 aliphatic rings. The molecule has 0 amide bonds. The second-order valence-corrected chi connectivity index (χ2v) is 3.65. The summed E-state index contributed by atoms with van der Waals surface area (Å²) in [5.41, 5.74) is 0.0334. The minimum atomic E-state index is -1.76. The topological polar surface area (TPSA) is 98.0 Å². The molecule has 2 aromatic carbocycles. The van der Waals surface area contributed by atoms with Gasteiger partial charge in [-0.15, -0.1) is 0 Å². The van der Waals surface area contributed by atoms with Gasteiger partial charge in [0, 0.05) is 5.56 Å². The lowest BCUT2D eigenvalue weighted by Gasteiger charge is -2.10. The van der Waals surface area contributed by atoms with Crippen molar-refractivity contribution in [2.24, 2.45) is 0 Å². The normalized spacial score (nSPS) is 11.0. The first kappa shape index (κ1) is 11.4. The summed E-state index contributed by atoms with van der Waals surface area (Å²) < 4.78 is 0. The van der Waals surface area contributed by atoms with Crippen molar-refractivity contribution in [1.29, 1.82) is 0 Å². The number of phenolic OH excluding ortho intramolecular Hbond substituents is 1. The van der Waals surface area contributed by atoms with E-state index in [9.17, 15) is 20.1 Å². The first-order valence-electron chi connectivity index (χ1n) is 4.85. The van der Waals surface area contributed by atoms with Crippen molar-refractivity contribution in [2.45, 2.75) is 6.29 Å². The van der Waals surface area contributed by atoms with E-state index in [2.05, 4.69) is 0 Å². The Labute approximate surface area is 96.2 Å². The maximum atomic E-state index is 10.9. The first-order chi connectivity index (χ1) is 7.99. The Morgan fingerprint density at radius 3 is 2.41 bits per heavy atom. The maximum Gasteiger partial charge on any atom is 0.335 e. The van der Waals surface area contributed by atoms with Crippen molar-refractivity contribution in [3.05, 3.63) is 41.5 Å². The minimum Gasteiger partial charge on any atom is -0.508 e. The van der Waals surface area contributed by atoms with Crippen LogP contribution >= 0.6 is 0 Å². The molecule has 2 aromatic rings. The molecule has 2 rings (SSSR count). The van der Waals surface area contributed by atoms with Gasteiger partial charge in [-0.3, -0.25) is 0 Å². The Morgan fingerprint density at radius 2 is 1.82 bits per heavy atom. The van der Waals surface area contributed by atoms with Crippen LogP contribution in [0.3, 0.4) is 0 Å². The van der Waals surface area contributed by atoms with Gasteiger partial charge in [-0.05, 0) is 35.0 Å². The molecule has 0 saturated heterocycles. The van der Waals surface area contributed by atoms with Gasteiger partial charge >= 0.3 is 5.97 Å². The second kappa shape index (κ2) is 4.04. The van der Waals surface area contributed by atoms with Crippen LogP contribution in [0.25, 0.3) is 10.8 Å². The summed E-state index contributed by atoms with van der Waals surface area (Å²) >= 11 is 0. The quantitative estimate of drug-likeness (QED) is 0.586. The standard InChI is InChI=1S/C12H10O5/c13-8-1-2-9-6(4-8)3-7(11(14)15)5-10(9)12(16)17/h1-5,12-13,16-17H,(H,14,15). The van der Waals surface area contributed by atoms with E-state index in [4.69, 9.17) is 5.11 Å². The third kappa shape index (κ3) is 2.06. The number of phenols is 1. The number of rotatable bonds is 2. The number of carbonyl (C=O) groups is 1. The largest absolute Gasteiger partial charge is 0.508 e. The van der Waals surface area contributed by atoms with Crippen LogP contribution < -0.4 is 0 Å². The molecule has 0 aliphatic heterocycles. The summed E-state index contributed by atoms with van der Waals surface area (Å²) in [5, 5.41) is 37.5. The van der Waals surface area contributed by atoms with Crippen LogP contribution in [0.1, 0.15) is 22.2 Å². The summed E-state index contributed by atoms with van der Waals surface area (Å²) in [6.45, 7) is 0. The molecule has 0 fully saturated rings. The highest BCUT2D eigenvalue weighted by Crippen LogP contribution is 2.28. The number of aliphatic hydroxyl groups excluding tert-OH is 1. The molecule has 0 radical (unpaired) electrons. The van der Waals surface area contributed by atoms with Crippen molar-refractivity contribution in [1.82, 2.24) is 0 Å². The summed E-state index contributed by atoms with van der Waals surface area (Å²) in [6.07, 6.45) is -1.76. The fourth-order valence-corrected chi connectivity index (χ4v) is 1.72. The molecule has 5 heteroatoms. The van der Waals surface area contributed by atoms with Crippen LogP contribution in [-0.4, -0.2) is 26.4 Å². The third-order valence-corrected chi connectivity index (χ3v) is 2.49. The van der Waals surface area contributed by atoms with Crippen LogP contribution in [0.4, 0.5) is 0 Å². The average molecular weight is 234 g/mol. The van der Waals surface area contributed by atoms with Crippen LogP contribution in [0, 0.1) is 0 Å². The number of benzene rings is 2. The van der Waals surface area contributed by atoms with E-state index in [0.717, 1.165) is 0 Å². The lowest BCUT2D eigenvalue weighted by Crippen LogP contribution is -2.02. The SMILES string of the molecule is O=C(O)c1cc(C(O)O)c2ccc(O)cc2c1. The molecule has 0 aliphatic carbocycles. The zero-order chi connectivity index (χ0) is 12.6. The van der Waals surface area contributed by atoms with E-state index in [-0.39, 0.29) is 16.9 Å². The predicted molar refractivity (Wildman–Crippen MR) is 59.8 cm³/mol. The predicted octanol–water partition coefficient (Wildman–Crippen LogP) is 1.23. The number of hydrogen-bond acceptors (Lipinski definition) is 4. The lowest BCUT2D eigenvalue weighted by atomic mass is 10.00. The Morgan fingerprint density at radius 1 is 1.12 bits per heavy atom. The van der Waals surface area contributed by atoms with Crippen LogP contribution in [-0.2, 0) is 0 Å². The molecular formula is C12H10O5. The summed E-state index contributed by atoms with van der Waals surface area (Å²) in [4.78, 5) is 10.9. The molecule has 4 N–H and O–H groups in total. The summed E-state index contributed by atoms with van der Waals surface area (Å²) in [7, 11) is 0. The van der Waals surface area contributed by atoms with Crippen molar-refractivity contribution in [3.63, 3.8) is 0 Å². The first-order valence-corrected chi connectivity index (χ1v) is 4.85. The zero-order valence-electron chi connectivity index (χ0n) is 8.66. The number of carboxylic acid groups (broad SMARTS) is 1. The maximum absolute atomic E-state index is 10.9. The molecule has 0 heterocycles. The van der Waals surface area contributed by atoms with Crippen LogP contribution in [0.15, 0.2) is 30.3 Å². The molecule has 0 atom stereocenters. The van der Waals surface area contributed by atoms with E-state index >= 15 is 0 Å². The average Bonchev–Trinajstić information content (AvgIpc) is 2.26. The van der Waals surface area contributed by atoms with Gasteiger partial charge < -0.3 is 20.4 Å². The van der Waals surface area contributed by atoms with E-state index < -0.39 is 12.3 Å². The highest BCUT2D eigenvalue weighted by atomic mass is 16.5. The second-order valence-electron chi connectivity index (χ2n) is 3.65. The molecule has 88 valence electrons. The zero-order valence-corrected chi connectivity index (χ0v) is 8.66. The van der Waals surface area contributed by atoms with Gasteiger partial charge in [-0.2, -0.15) is 0 Å².